The van der Waals surface area contributed by atoms with Gasteiger partial charge in [-0.05, 0) is 12.8 Å². The SMILES string of the molecule is Nc1ncc([N+](=O)[O-])c(N2CCC(C(F)(F)F)CC2)n1. The number of aromatic nitrogens is 2. The monoisotopic (exact) mass is 291 g/mol. The normalized spacial score (nSPS) is 17.2. The standard InChI is InChI=1S/C10H12F3N5O2/c11-10(12,13)6-1-3-17(4-2-6)8-7(18(19)20)5-15-9(14)16-8/h5-6H,1-4H2,(H2,14,15,16). The Morgan fingerprint density at radius 2 is 2.00 bits per heavy atom. The van der Waals surface area contributed by atoms with Gasteiger partial charge in [-0.25, -0.2) is 4.98 Å². The van der Waals surface area contributed by atoms with Crippen molar-refractivity contribution >= 4 is 17.5 Å². The number of piperidine rings is 1. The molecule has 1 aromatic rings. The zero-order valence-electron chi connectivity index (χ0n) is 10.3. The van der Waals surface area contributed by atoms with E-state index < -0.39 is 17.0 Å². The van der Waals surface area contributed by atoms with Crippen LogP contribution in [0.25, 0.3) is 0 Å². The summed E-state index contributed by atoms with van der Waals surface area (Å²) in [6.07, 6.45) is -3.51. The fraction of sp³-hybridized carbons (Fsp3) is 0.600. The first-order valence-corrected chi connectivity index (χ1v) is 5.87. The number of nitrogens with two attached hydrogens (primary N) is 1. The van der Waals surface area contributed by atoms with Crippen molar-refractivity contribution in [2.75, 3.05) is 23.7 Å². The molecule has 2 N–H and O–H groups in total. The lowest BCUT2D eigenvalue weighted by atomic mass is 9.96. The maximum atomic E-state index is 12.6. The molecule has 110 valence electrons. The third kappa shape index (κ3) is 2.89. The minimum Gasteiger partial charge on any atom is -0.368 e. The van der Waals surface area contributed by atoms with Crippen molar-refractivity contribution in [1.82, 2.24) is 9.97 Å². The van der Waals surface area contributed by atoms with Gasteiger partial charge in [0.05, 0.1) is 10.8 Å². The molecule has 0 aromatic carbocycles. The van der Waals surface area contributed by atoms with Crippen LogP contribution < -0.4 is 10.6 Å². The lowest BCUT2D eigenvalue weighted by Crippen LogP contribution is -2.39. The van der Waals surface area contributed by atoms with E-state index in [9.17, 15) is 23.3 Å². The Labute approximate surface area is 111 Å². The van der Waals surface area contributed by atoms with Gasteiger partial charge in [-0.1, -0.05) is 0 Å². The molecule has 1 fully saturated rings. The van der Waals surface area contributed by atoms with Gasteiger partial charge in [0.1, 0.15) is 6.20 Å². The van der Waals surface area contributed by atoms with Crippen LogP contribution in [0, 0.1) is 16.0 Å². The minimum atomic E-state index is -4.23. The molecule has 1 aliphatic heterocycles. The first-order chi connectivity index (χ1) is 9.29. The Morgan fingerprint density at radius 3 is 2.50 bits per heavy atom. The number of hydrogen-bond donors (Lipinski definition) is 1. The molecule has 7 nitrogen and oxygen atoms in total. The summed E-state index contributed by atoms with van der Waals surface area (Å²) in [5, 5.41) is 10.9. The second-order valence-electron chi connectivity index (χ2n) is 4.50. The molecule has 1 saturated heterocycles. The molecule has 1 aromatic heterocycles. The van der Waals surface area contributed by atoms with Crippen LogP contribution in [0.15, 0.2) is 6.20 Å². The summed E-state index contributed by atoms with van der Waals surface area (Å²) >= 11 is 0. The van der Waals surface area contributed by atoms with Gasteiger partial charge >= 0.3 is 11.9 Å². The summed E-state index contributed by atoms with van der Waals surface area (Å²) in [4.78, 5) is 18.9. The Balaban J connectivity index is 2.18. The van der Waals surface area contributed by atoms with E-state index in [0.29, 0.717) is 0 Å². The molecule has 0 unspecified atom stereocenters. The second kappa shape index (κ2) is 5.10. The largest absolute Gasteiger partial charge is 0.391 e. The van der Waals surface area contributed by atoms with Crippen LogP contribution >= 0.6 is 0 Å². The van der Waals surface area contributed by atoms with Crippen molar-refractivity contribution < 1.29 is 18.1 Å². The number of nitrogen functional groups attached to an aromatic ring is 1. The summed E-state index contributed by atoms with van der Waals surface area (Å²) in [5.74, 6) is -1.55. The molecule has 0 saturated carbocycles. The third-order valence-electron chi connectivity index (χ3n) is 3.22. The van der Waals surface area contributed by atoms with Crippen molar-refractivity contribution in [3.63, 3.8) is 0 Å². The van der Waals surface area contributed by atoms with E-state index in [1.54, 1.807) is 0 Å². The molecule has 2 rings (SSSR count). The van der Waals surface area contributed by atoms with Crippen LogP contribution in [0.1, 0.15) is 12.8 Å². The number of nitrogens with zero attached hydrogens (tertiary/aromatic N) is 4. The lowest BCUT2D eigenvalue weighted by molar-refractivity contribution is -0.384. The molecule has 0 bridgehead atoms. The van der Waals surface area contributed by atoms with E-state index >= 15 is 0 Å². The van der Waals surface area contributed by atoms with E-state index in [1.165, 1.54) is 4.90 Å². The summed E-state index contributed by atoms with van der Waals surface area (Å²) in [7, 11) is 0. The van der Waals surface area contributed by atoms with Crippen LogP contribution in [0.2, 0.25) is 0 Å². The van der Waals surface area contributed by atoms with E-state index in [2.05, 4.69) is 9.97 Å². The van der Waals surface area contributed by atoms with Crippen molar-refractivity contribution in [1.29, 1.82) is 0 Å². The van der Waals surface area contributed by atoms with Crippen molar-refractivity contribution in [3.8, 4) is 0 Å². The minimum absolute atomic E-state index is 0.0249. The van der Waals surface area contributed by atoms with Crippen LogP contribution in [-0.4, -0.2) is 34.2 Å². The van der Waals surface area contributed by atoms with Crippen molar-refractivity contribution in [3.05, 3.63) is 16.3 Å². The van der Waals surface area contributed by atoms with Crippen LogP contribution in [-0.2, 0) is 0 Å². The zero-order valence-corrected chi connectivity index (χ0v) is 10.3. The molecule has 0 radical (unpaired) electrons. The number of halogens is 3. The molecular weight excluding hydrogens is 279 g/mol. The highest BCUT2D eigenvalue weighted by atomic mass is 19.4. The Hall–Kier alpha value is -2.13. The number of hydrogen-bond acceptors (Lipinski definition) is 6. The molecule has 10 heteroatoms. The average molecular weight is 291 g/mol. The third-order valence-corrected chi connectivity index (χ3v) is 3.22. The Morgan fingerprint density at radius 1 is 1.40 bits per heavy atom. The van der Waals surface area contributed by atoms with Crippen LogP contribution in [0.4, 0.5) is 30.6 Å². The number of rotatable bonds is 2. The highest BCUT2D eigenvalue weighted by Crippen LogP contribution is 2.36. The van der Waals surface area contributed by atoms with Gasteiger partial charge in [0.15, 0.2) is 0 Å². The highest BCUT2D eigenvalue weighted by molar-refractivity contribution is 5.58. The molecule has 0 spiro atoms. The summed E-state index contributed by atoms with van der Waals surface area (Å²) in [6, 6.07) is 0. The van der Waals surface area contributed by atoms with Crippen LogP contribution in [0.5, 0.6) is 0 Å². The topological polar surface area (TPSA) is 98.2 Å². The van der Waals surface area contributed by atoms with Gasteiger partial charge in [0.25, 0.3) is 0 Å². The van der Waals surface area contributed by atoms with Gasteiger partial charge in [-0.3, -0.25) is 10.1 Å². The first kappa shape index (κ1) is 14.3. The smallest absolute Gasteiger partial charge is 0.368 e. The molecule has 2 heterocycles. The van der Waals surface area contributed by atoms with Crippen LogP contribution in [0.3, 0.4) is 0 Å². The van der Waals surface area contributed by atoms with Gasteiger partial charge in [0, 0.05) is 13.1 Å². The molecule has 0 atom stereocenters. The fourth-order valence-corrected chi connectivity index (χ4v) is 2.16. The summed E-state index contributed by atoms with van der Waals surface area (Å²) < 4.78 is 37.7. The predicted molar refractivity (Wildman–Crippen MR) is 64.1 cm³/mol. The van der Waals surface area contributed by atoms with E-state index in [1.807, 2.05) is 0 Å². The Kier molecular flexibility index (Phi) is 3.64. The summed E-state index contributed by atoms with van der Waals surface area (Å²) in [6.45, 7) is 0.0863. The number of anilines is 2. The van der Waals surface area contributed by atoms with Crippen molar-refractivity contribution in [2.24, 2.45) is 5.92 Å². The molecule has 1 aliphatic rings. The maximum absolute atomic E-state index is 12.6. The second-order valence-corrected chi connectivity index (χ2v) is 4.50. The zero-order chi connectivity index (χ0) is 14.9. The van der Waals surface area contributed by atoms with Gasteiger partial charge in [-0.15, -0.1) is 0 Å². The van der Waals surface area contributed by atoms with Crippen molar-refractivity contribution in [2.45, 2.75) is 19.0 Å². The molecule has 20 heavy (non-hydrogen) atoms. The lowest BCUT2D eigenvalue weighted by Gasteiger charge is -2.33. The molecule has 0 aliphatic carbocycles. The molecule has 0 amide bonds. The summed E-state index contributed by atoms with van der Waals surface area (Å²) in [5.41, 5.74) is 5.02. The van der Waals surface area contributed by atoms with Gasteiger partial charge in [0.2, 0.25) is 11.8 Å². The Bertz CT molecular complexity index is 514. The van der Waals surface area contributed by atoms with E-state index in [-0.39, 0.29) is 43.4 Å². The first-order valence-electron chi connectivity index (χ1n) is 5.87. The highest BCUT2D eigenvalue weighted by Gasteiger charge is 2.42. The molecular formula is C10H12F3N5O2. The fourth-order valence-electron chi connectivity index (χ4n) is 2.16. The number of alkyl halides is 3. The van der Waals surface area contributed by atoms with E-state index in [4.69, 9.17) is 5.73 Å². The average Bonchev–Trinajstić information content (AvgIpc) is 2.37. The number of nitro groups is 1. The maximum Gasteiger partial charge on any atom is 0.391 e. The van der Waals surface area contributed by atoms with Gasteiger partial charge in [-0.2, -0.15) is 18.2 Å². The quantitative estimate of drug-likeness (QED) is 0.658. The van der Waals surface area contributed by atoms with E-state index in [0.717, 1.165) is 6.20 Å². The predicted octanol–water partition coefficient (Wildman–Crippen LogP) is 1.75. The van der Waals surface area contributed by atoms with Gasteiger partial charge < -0.3 is 10.6 Å².